The van der Waals surface area contributed by atoms with Crippen molar-refractivity contribution in [3.63, 3.8) is 0 Å². The molecule has 20 heavy (non-hydrogen) atoms. The third-order valence-electron chi connectivity index (χ3n) is 3.25. The maximum atomic E-state index is 9.32. The predicted molar refractivity (Wildman–Crippen MR) is 83.9 cm³/mol. The Balaban J connectivity index is 2.47. The molecule has 0 aliphatic heterocycles. The number of nitrogen functional groups attached to an aromatic ring is 1. The highest BCUT2D eigenvalue weighted by atomic mass is 32.1. The highest BCUT2D eigenvalue weighted by Crippen LogP contribution is 2.33. The molecule has 0 aliphatic rings. The Hall–Kier alpha value is -1.86. The number of nitriles is 1. The molecule has 0 unspecified atom stereocenters. The molecule has 2 rings (SSSR count). The van der Waals surface area contributed by atoms with Gasteiger partial charge in [-0.3, -0.25) is 0 Å². The van der Waals surface area contributed by atoms with Crippen LogP contribution in [0.25, 0.3) is 0 Å². The van der Waals surface area contributed by atoms with Crippen LogP contribution in [-0.4, -0.2) is 4.98 Å². The molecule has 1 aromatic heterocycles. The van der Waals surface area contributed by atoms with E-state index in [0.717, 1.165) is 27.3 Å². The largest absolute Gasteiger partial charge is 0.375 e. The second kappa shape index (κ2) is 5.26. The first-order valence-corrected chi connectivity index (χ1v) is 7.39. The van der Waals surface area contributed by atoms with E-state index < -0.39 is 0 Å². The zero-order chi connectivity index (χ0) is 14.9. The van der Waals surface area contributed by atoms with Gasteiger partial charge in [0.1, 0.15) is 0 Å². The van der Waals surface area contributed by atoms with Crippen LogP contribution in [-0.2, 0) is 11.8 Å². The summed E-state index contributed by atoms with van der Waals surface area (Å²) in [5, 5.41) is 9.92. The zero-order valence-corrected chi connectivity index (χ0v) is 13.1. The summed E-state index contributed by atoms with van der Waals surface area (Å²) >= 11 is 1.52. The molecular formula is C16H19N3S. The van der Waals surface area contributed by atoms with Crippen molar-refractivity contribution < 1.29 is 0 Å². The first kappa shape index (κ1) is 14.5. The minimum atomic E-state index is -0.0416. The summed E-state index contributed by atoms with van der Waals surface area (Å²) in [6, 6.07) is 8.27. The van der Waals surface area contributed by atoms with E-state index >= 15 is 0 Å². The summed E-state index contributed by atoms with van der Waals surface area (Å²) in [5.74, 6) is 0. The monoisotopic (exact) mass is 285 g/mol. The van der Waals surface area contributed by atoms with Gasteiger partial charge in [0.25, 0.3) is 0 Å². The zero-order valence-electron chi connectivity index (χ0n) is 12.3. The third kappa shape index (κ3) is 2.83. The van der Waals surface area contributed by atoms with Gasteiger partial charge in [-0.25, -0.2) is 4.98 Å². The fourth-order valence-electron chi connectivity index (χ4n) is 2.28. The summed E-state index contributed by atoms with van der Waals surface area (Å²) < 4.78 is 0. The predicted octanol–water partition coefficient (Wildman–Crippen LogP) is 3.79. The summed E-state index contributed by atoms with van der Waals surface area (Å²) in [5.41, 5.74) is 9.68. The van der Waals surface area contributed by atoms with Crippen LogP contribution in [0.2, 0.25) is 0 Å². The second-order valence-corrected chi connectivity index (χ2v) is 7.09. The van der Waals surface area contributed by atoms with Crippen molar-refractivity contribution in [2.45, 2.75) is 39.5 Å². The van der Waals surface area contributed by atoms with Gasteiger partial charge in [-0.2, -0.15) is 5.26 Å². The molecule has 1 heterocycles. The van der Waals surface area contributed by atoms with E-state index in [-0.39, 0.29) is 5.41 Å². The molecule has 1 aromatic carbocycles. The molecule has 0 fully saturated rings. The molecule has 0 radical (unpaired) electrons. The van der Waals surface area contributed by atoms with Crippen LogP contribution in [0.15, 0.2) is 18.2 Å². The van der Waals surface area contributed by atoms with E-state index in [0.29, 0.717) is 11.6 Å². The topological polar surface area (TPSA) is 62.7 Å². The molecular weight excluding hydrogens is 266 g/mol. The SMILES string of the molecule is Cc1cccc(Cc2sc(N)nc2C(C)(C)C)c1C#N. The summed E-state index contributed by atoms with van der Waals surface area (Å²) in [4.78, 5) is 5.62. The number of hydrogen-bond donors (Lipinski definition) is 1. The quantitative estimate of drug-likeness (QED) is 0.913. The first-order valence-electron chi connectivity index (χ1n) is 6.57. The molecule has 0 bridgehead atoms. The Morgan fingerprint density at radius 1 is 1.35 bits per heavy atom. The lowest BCUT2D eigenvalue weighted by molar-refractivity contribution is 0.568. The van der Waals surface area contributed by atoms with Gasteiger partial charge in [0.2, 0.25) is 0 Å². The number of anilines is 1. The summed E-state index contributed by atoms with van der Waals surface area (Å²) in [6.07, 6.45) is 0.714. The Bertz CT molecular complexity index is 672. The lowest BCUT2D eigenvalue weighted by Gasteiger charge is -2.18. The van der Waals surface area contributed by atoms with E-state index in [1.807, 2.05) is 25.1 Å². The molecule has 0 spiro atoms. The number of benzene rings is 1. The number of nitrogens with two attached hydrogens (primary N) is 1. The van der Waals surface area contributed by atoms with Gasteiger partial charge in [-0.15, -0.1) is 11.3 Å². The van der Waals surface area contributed by atoms with Gasteiger partial charge in [0.15, 0.2) is 5.13 Å². The van der Waals surface area contributed by atoms with Crippen LogP contribution >= 0.6 is 11.3 Å². The van der Waals surface area contributed by atoms with E-state index in [4.69, 9.17) is 5.73 Å². The smallest absolute Gasteiger partial charge is 0.180 e. The van der Waals surface area contributed by atoms with Crippen LogP contribution in [0.5, 0.6) is 0 Å². The normalized spacial score (nSPS) is 11.3. The molecule has 2 N–H and O–H groups in total. The number of aryl methyl sites for hydroxylation is 1. The first-order chi connectivity index (χ1) is 9.32. The van der Waals surface area contributed by atoms with Gasteiger partial charge in [0.05, 0.1) is 17.3 Å². The Kier molecular flexibility index (Phi) is 3.82. The maximum Gasteiger partial charge on any atom is 0.180 e. The number of aromatic nitrogens is 1. The Labute approximate surface area is 124 Å². The number of nitrogens with zero attached hydrogens (tertiary/aromatic N) is 2. The molecule has 0 atom stereocenters. The van der Waals surface area contributed by atoms with Crippen LogP contribution in [0.3, 0.4) is 0 Å². The average Bonchev–Trinajstić information content (AvgIpc) is 2.70. The summed E-state index contributed by atoms with van der Waals surface area (Å²) in [7, 11) is 0. The lowest BCUT2D eigenvalue weighted by atomic mass is 9.89. The lowest BCUT2D eigenvalue weighted by Crippen LogP contribution is -2.14. The molecule has 0 saturated carbocycles. The van der Waals surface area contributed by atoms with E-state index in [9.17, 15) is 5.26 Å². The van der Waals surface area contributed by atoms with Crippen LogP contribution in [0, 0.1) is 18.3 Å². The van der Waals surface area contributed by atoms with Crippen LogP contribution < -0.4 is 5.73 Å². The molecule has 0 saturated heterocycles. The standard InChI is InChI=1S/C16H19N3S/c1-10-6-5-7-11(12(10)9-17)8-13-14(16(2,3)4)19-15(18)20-13/h5-7H,8H2,1-4H3,(H2,18,19). The van der Waals surface area contributed by atoms with Gasteiger partial charge in [-0.05, 0) is 18.1 Å². The van der Waals surface area contributed by atoms with Gasteiger partial charge < -0.3 is 5.73 Å². The molecule has 104 valence electrons. The van der Waals surface area contributed by atoms with Gasteiger partial charge in [-0.1, -0.05) is 39.0 Å². The third-order valence-corrected chi connectivity index (χ3v) is 4.13. The van der Waals surface area contributed by atoms with Crippen LogP contribution in [0.4, 0.5) is 5.13 Å². The average molecular weight is 285 g/mol. The maximum absolute atomic E-state index is 9.32. The van der Waals surface area contributed by atoms with Crippen molar-refractivity contribution in [1.29, 1.82) is 5.26 Å². The van der Waals surface area contributed by atoms with Crippen molar-refractivity contribution in [2.75, 3.05) is 5.73 Å². The Morgan fingerprint density at radius 2 is 2.05 bits per heavy atom. The van der Waals surface area contributed by atoms with Gasteiger partial charge in [0, 0.05) is 16.7 Å². The minimum Gasteiger partial charge on any atom is -0.375 e. The van der Waals surface area contributed by atoms with E-state index in [1.54, 1.807) is 0 Å². The highest BCUT2D eigenvalue weighted by molar-refractivity contribution is 7.15. The van der Waals surface area contributed by atoms with Gasteiger partial charge >= 0.3 is 0 Å². The highest BCUT2D eigenvalue weighted by Gasteiger charge is 2.23. The molecule has 4 heteroatoms. The molecule has 0 aliphatic carbocycles. The van der Waals surface area contributed by atoms with Crippen molar-refractivity contribution in [1.82, 2.24) is 4.98 Å². The van der Waals surface area contributed by atoms with Crippen molar-refractivity contribution in [2.24, 2.45) is 0 Å². The fourth-order valence-corrected chi connectivity index (χ4v) is 3.35. The second-order valence-electron chi connectivity index (χ2n) is 5.97. The Morgan fingerprint density at radius 3 is 2.65 bits per heavy atom. The summed E-state index contributed by atoms with van der Waals surface area (Å²) in [6.45, 7) is 8.36. The molecule has 0 amide bonds. The number of hydrogen-bond acceptors (Lipinski definition) is 4. The number of thiazole rings is 1. The van der Waals surface area contributed by atoms with Crippen molar-refractivity contribution in [3.05, 3.63) is 45.5 Å². The minimum absolute atomic E-state index is 0.0416. The van der Waals surface area contributed by atoms with E-state index in [1.165, 1.54) is 11.3 Å². The van der Waals surface area contributed by atoms with Crippen molar-refractivity contribution in [3.8, 4) is 6.07 Å². The molecule has 2 aromatic rings. The van der Waals surface area contributed by atoms with E-state index in [2.05, 4.69) is 31.8 Å². The molecule has 3 nitrogen and oxygen atoms in total. The van der Waals surface area contributed by atoms with Crippen molar-refractivity contribution >= 4 is 16.5 Å². The fraction of sp³-hybridized carbons (Fsp3) is 0.375. The van der Waals surface area contributed by atoms with Crippen LogP contribution in [0.1, 0.15) is 48.0 Å². The number of rotatable bonds is 2.